The third-order valence-electron chi connectivity index (χ3n) is 4.20. The maximum atomic E-state index is 9.82. The summed E-state index contributed by atoms with van der Waals surface area (Å²) >= 11 is 0. The van der Waals surface area contributed by atoms with Crippen LogP contribution < -0.4 is 0 Å². The van der Waals surface area contributed by atoms with E-state index in [1.165, 1.54) is 10.9 Å². The number of benzene rings is 1. The molecule has 0 amide bonds. The molecular weight excluding hydrogens is 250 g/mol. The van der Waals surface area contributed by atoms with Crippen molar-refractivity contribution < 1.29 is 9.52 Å². The van der Waals surface area contributed by atoms with Crippen LogP contribution in [0.25, 0.3) is 11.0 Å². The number of aliphatic hydroxyl groups excluding tert-OH is 1. The van der Waals surface area contributed by atoms with E-state index in [1.807, 2.05) is 0 Å². The van der Waals surface area contributed by atoms with Crippen LogP contribution >= 0.6 is 0 Å². The molecule has 0 bridgehead atoms. The lowest BCUT2D eigenvalue weighted by Gasteiger charge is -2.28. The highest BCUT2D eigenvalue weighted by molar-refractivity contribution is 5.85. The summed E-state index contributed by atoms with van der Waals surface area (Å²) in [7, 11) is 0. The lowest BCUT2D eigenvalue weighted by molar-refractivity contribution is 0.134. The van der Waals surface area contributed by atoms with Crippen molar-refractivity contribution in [2.45, 2.75) is 40.2 Å². The van der Waals surface area contributed by atoms with Crippen molar-refractivity contribution >= 4 is 11.0 Å². The second-order valence-electron chi connectivity index (χ2n) is 5.15. The molecule has 1 N–H and O–H groups in total. The highest BCUT2D eigenvalue weighted by atomic mass is 16.3. The summed E-state index contributed by atoms with van der Waals surface area (Å²) < 4.78 is 6.06. The molecule has 1 heterocycles. The van der Waals surface area contributed by atoms with Gasteiger partial charge in [-0.1, -0.05) is 39.0 Å². The zero-order valence-corrected chi connectivity index (χ0v) is 12.9. The number of likely N-dealkylation sites (N-methyl/N-ethyl adjacent to an activating group) is 1. The molecule has 0 saturated heterocycles. The molecule has 1 aromatic carbocycles. The highest BCUT2D eigenvalue weighted by Gasteiger charge is 2.22. The van der Waals surface area contributed by atoms with Crippen molar-refractivity contribution in [3.05, 3.63) is 35.1 Å². The Balaban J connectivity index is 2.58. The summed E-state index contributed by atoms with van der Waals surface area (Å²) in [5.41, 5.74) is 3.25. The predicted octanol–water partition coefficient (Wildman–Crippen LogP) is 3.68. The van der Waals surface area contributed by atoms with Gasteiger partial charge in [0.1, 0.15) is 11.3 Å². The lowest BCUT2D eigenvalue weighted by atomic mass is 10.0. The van der Waals surface area contributed by atoms with E-state index in [-0.39, 0.29) is 12.6 Å². The predicted molar refractivity (Wildman–Crippen MR) is 83.1 cm³/mol. The van der Waals surface area contributed by atoms with Gasteiger partial charge in [-0.05, 0) is 25.6 Å². The first kappa shape index (κ1) is 15.1. The maximum Gasteiger partial charge on any atom is 0.139 e. The Morgan fingerprint density at radius 3 is 2.45 bits per heavy atom. The molecule has 0 unspecified atom stereocenters. The minimum Gasteiger partial charge on any atom is -0.460 e. The second-order valence-corrected chi connectivity index (χ2v) is 5.15. The number of hydrogen-bond acceptors (Lipinski definition) is 3. The second kappa shape index (κ2) is 6.42. The third kappa shape index (κ3) is 2.48. The number of para-hydroxylation sites is 1. The summed E-state index contributed by atoms with van der Waals surface area (Å²) in [6, 6.07) is 6.24. The average Bonchev–Trinajstić information content (AvgIpc) is 2.81. The standard InChI is InChI=1S/C17H25NO2/c1-5-16-12(4)13-9-8-10-14(17(13)20-16)15(11-19)18(6-2)7-3/h8-10,15,19H,5-7,11H2,1-4H3/t15-/m0/s1. The van der Waals surface area contributed by atoms with Crippen LogP contribution in [0.15, 0.2) is 22.6 Å². The first-order valence-electron chi connectivity index (χ1n) is 7.53. The Morgan fingerprint density at radius 1 is 1.20 bits per heavy atom. The molecule has 3 nitrogen and oxygen atoms in total. The third-order valence-corrected chi connectivity index (χ3v) is 4.20. The minimum absolute atomic E-state index is 0.00366. The number of fused-ring (bicyclic) bond motifs is 1. The van der Waals surface area contributed by atoms with Gasteiger partial charge in [-0.25, -0.2) is 0 Å². The van der Waals surface area contributed by atoms with Crippen molar-refractivity contribution in [1.82, 2.24) is 4.90 Å². The zero-order valence-electron chi connectivity index (χ0n) is 12.9. The van der Waals surface area contributed by atoms with E-state index in [0.717, 1.165) is 36.4 Å². The first-order chi connectivity index (χ1) is 9.67. The Bertz CT molecular complexity index is 570. The molecule has 0 saturated carbocycles. The van der Waals surface area contributed by atoms with E-state index in [2.05, 4.69) is 50.8 Å². The molecule has 0 aliphatic heterocycles. The molecule has 110 valence electrons. The molecule has 3 heteroatoms. The Labute approximate surface area is 121 Å². The van der Waals surface area contributed by atoms with Gasteiger partial charge in [0.25, 0.3) is 0 Å². The zero-order chi connectivity index (χ0) is 14.7. The van der Waals surface area contributed by atoms with Gasteiger partial charge < -0.3 is 9.52 Å². The molecule has 1 aromatic heterocycles. The van der Waals surface area contributed by atoms with Crippen LogP contribution in [0, 0.1) is 6.92 Å². The van der Waals surface area contributed by atoms with Crippen LogP contribution in [0.1, 0.15) is 43.7 Å². The van der Waals surface area contributed by atoms with Gasteiger partial charge in [-0.15, -0.1) is 0 Å². The molecule has 20 heavy (non-hydrogen) atoms. The summed E-state index contributed by atoms with van der Waals surface area (Å²) in [5, 5.41) is 11.0. The normalized spacial score (nSPS) is 13.3. The number of aryl methyl sites for hydroxylation is 2. The van der Waals surface area contributed by atoms with Crippen molar-refractivity contribution in [3.63, 3.8) is 0 Å². The van der Waals surface area contributed by atoms with Crippen LogP contribution in [0.2, 0.25) is 0 Å². The van der Waals surface area contributed by atoms with E-state index in [1.54, 1.807) is 0 Å². The van der Waals surface area contributed by atoms with E-state index >= 15 is 0 Å². The topological polar surface area (TPSA) is 36.6 Å². The van der Waals surface area contributed by atoms with Gasteiger partial charge in [-0.3, -0.25) is 4.90 Å². The van der Waals surface area contributed by atoms with Gasteiger partial charge in [0, 0.05) is 17.4 Å². The molecule has 0 radical (unpaired) electrons. The van der Waals surface area contributed by atoms with Crippen LogP contribution in [-0.2, 0) is 6.42 Å². The van der Waals surface area contributed by atoms with E-state index in [0.29, 0.717) is 0 Å². The number of nitrogens with zero attached hydrogens (tertiary/aromatic N) is 1. The summed E-state index contributed by atoms with van der Waals surface area (Å²) in [6.07, 6.45) is 0.898. The highest BCUT2D eigenvalue weighted by Crippen LogP contribution is 2.33. The maximum absolute atomic E-state index is 9.82. The minimum atomic E-state index is 0.00366. The van der Waals surface area contributed by atoms with Gasteiger partial charge >= 0.3 is 0 Å². The molecule has 2 rings (SSSR count). The molecule has 0 aliphatic carbocycles. The molecule has 1 atom stereocenters. The van der Waals surface area contributed by atoms with Crippen molar-refractivity contribution in [1.29, 1.82) is 0 Å². The Hall–Kier alpha value is -1.32. The van der Waals surface area contributed by atoms with Gasteiger partial charge in [0.15, 0.2) is 0 Å². The number of rotatable bonds is 6. The van der Waals surface area contributed by atoms with Gasteiger partial charge in [0.05, 0.1) is 12.6 Å². The smallest absolute Gasteiger partial charge is 0.139 e. The van der Waals surface area contributed by atoms with Gasteiger partial charge in [0.2, 0.25) is 0 Å². The summed E-state index contributed by atoms with van der Waals surface area (Å²) in [5.74, 6) is 1.05. The molecular formula is C17H25NO2. The SMILES string of the molecule is CCc1oc2c([C@H](CO)N(CC)CC)cccc2c1C. The fraction of sp³-hybridized carbons (Fsp3) is 0.529. The number of aliphatic hydroxyl groups is 1. The molecule has 0 spiro atoms. The quantitative estimate of drug-likeness (QED) is 0.873. The molecule has 2 aromatic rings. The Kier molecular flexibility index (Phi) is 4.84. The van der Waals surface area contributed by atoms with Crippen LogP contribution in [0.3, 0.4) is 0 Å². The molecule has 0 fully saturated rings. The molecule has 0 aliphatic rings. The van der Waals surface area contributed by atoms with E-state index in [9.17, 15) is 5.11 Å². The van der Waals surface area contributed by atoms with Crippen molar-refractivity contribution in [2.24, 2.45) is 0 Å². The van der Waals surface area contributed by atoms with Crippen LogP contribution in [0.5, 0.6) is 0 Å². The van der Waals surface area contributed by atoms with E-state index in [4.69, 9.17) is 4.42 Å². The van der Waals surface area contributed by atoms with Crippen molar-refractivity contribution in [3.8, 4) is 0 Å². The van der Waals surface area contributed by atoms with Crippen molar-refractivity contribution in [2.75, 3.05) is 19.7 Å². The fourth-order valence-electron chi connectivity index (χ4n) is 2.99. The van der Waals surface area contributed by atoms with Crippen LogP contribution in [0.4, 0.5) is 0 Å². The monoisotopic (exact) mass is 275 g/mol. The largest absolute Gasteiger partial charge is 0.460 e. The number of furan rings is 1. The van der Waals surface area contributed by atoms with Gasteiger partial charge in [-0.2, -0.15) is 0 Å². The van der Waals surface area contributed by atoms with E-state index < -0.39 is 0 Å². The summed E-state index contributed by atoms with van der Waals surface area (Å²) in [6.45, 7) is 10.4. The average molecular weight is 275 g/mol. The first-order valence-corrected chi connectivity index (χ1v) is 7.53. The Morgan fingerprint density at radius 2 is 1.90 bits per heavy atom. The summed E-state index contributed by atoms with van der Waals surface area (Å²) in [4.78, 5) is 2.26. The lowest BCUT2D eigenvalue weighted by Crippen LogP contribution is -2.30. The number of hydrogen-bond donors (Lipinski definition) is 1. The fourth-order valence-corrected chi connectivity index (χ4v) is 2.99. The van der Waals surface area contributed by atoms with Crippen LogP contribution in [-0.4, -0.2) is 29.7 Å².